The number of nitrogens with one attached hydrogen (secondary N) is 2. The van der Waals surface area contributed by atoms with Crippen LogP contribution in [-0.4, -0.2) is 41.4 Å². The summed E-state index contributed by atoms with van der Waals surface area (Å²) in [7, 11) is 1.55. The van der Waals surface area contributed by atoms with Crippen molar-refractivity contribution in [3.63, 3.8) is 0 Å². The van der Waals surface area contributed by atoms with Crippen LogP contribution in [0.3, 0.4) is 0 Å². The molecule has 0 unspecified atom stereocenters. The number of hydrogen-bond acceptors (Lipinski definition) is 5. The van der Waals surface area contributed by atoms with Crippen molar-refractivity contribution in [2.75, 3.05) is 19.0 Å². The van der Waals surface area contributed by atoms with E-state index in [4.69, 9.17) is 4.74 Å². The number of rotatable bonds is 4. The molecule has 0 saturated heterocycles. The predicted octanol–water partition coefficient (Wildman–Crippen LogP) is 1.47. The normalized spacial score (nSPS) is 15.2. The van der Waals surface area contributed by atoms with Crippen molar-refractivity contribution in [2.24, 2.45) is 0 Å². The summed E-state index contributed by atoms with van der Waals surface area (Å²) < 4.78 is 6.74. The third kappa shape index (κ3) is 4.06. The van der Waals surface area contributed by atoms with Gasteiger partial charge in [0.25, 0.3) is 0 Å². The van der Waals surface area contributed by atoms with E-state index in [1.165, 1.54) is 0 Å². The van der Waals surface area contributed by atoms with Gasteiger partial charge in [-0.3, -0.25) is 9.59 Å². The topological polar surface area (TPSA) is 85.2 Å². The molecule has 1 atom stereocenters. The first-order valence-electron chi connectivity index (χ1n) is 7.53. The number of aromatic nitrogens is 2. The first-order chi connectivity index (χ1) is 10.7. The lowest BCUT2D eigenvalue weighted by molar-refractivity contribution is -0.136. The summed E-state index contributed by atoms with van der Waals surface area (Å²) in [5.74, 6) is 0.895. The van der Waals surface area contributed by atoms with Gasteiger partial charge in [0.05, 0.1) is 17.8 Å². The van der Waals surface area contributed by atoms with Crippen LogP contribution in [0.2, 0.25) is 0 Å². The molecule has 2 heterocycles. The third-order valence-corrected chi connectivity index (χ3v) is 4.39. The van der Waals surface area contributed by atoms with Crippen molar-refractivity contribution in [1.82, 2.24) is 15.1 Å². The van der Waals surface area contributed by atoms with Gasteiger partial charge in [-0.2, -0.15) is 16.9 Å². The zero-order valence-electron chi connectivity index (χ0n) is 14.2. The number of amides is 2. The van der Waals surface area contributed by atoms with Crippen molar-refractivity contribution in [1.29, 1.82) is 0 Å². The van der Waals surface area contributed by atoms with Gasteiger partial charge in [0, 0.05) is 30.2 Å². The zero-order chi connectivity index (χ0) is 17.2. The van der Waals surface area contributed by atoms with Crippen molar-refractivity contribution < 1.29 is 14.3 Å². The summed E-state index contributed by atoms with van der Waals surface area (Å²) in [6, 6.07) is -0.230. The van der Waals surface area contributed by atoms with Crippen LogP contribution in [0.25, 0.3) is 0 Å². The van der Waals surface area contributed by atoms with Gasteiger partial charge in [-0.25, -0.2) is 4.68 Å². The van der Waals surface area contributed by atoms with Crippen molar-refractivity contribution in [3.05, 3.63) is 11.3 Å². The highest BCUT2D eigenvalue weighted by Gasteiger charge is 2.30. The van der Waals surface area contributed by atoms with E-state index < -0.39 is 11.8 Å². The van der Waals surface area contributed by atoms with Gasteiger partial charge in [-0.05, 0) is 27.7 Å². The zero-order valence-corrected chi connectivity index (χ0v) is 15.0. The fourth-order valence-electron chi connectivity index (χ4n) is 2.37. The van der Waals surface area contributed by atoms with Crippen LogP contribution in [0.1, 0.15) is 39.0 Å². The molecular weight excluding hydrogens is 316 g/mol. The molecule has 0 aliphatic carbocycles. The van der Waals surface area contributed by atoms with E-state index in [2.05, 4.69) is 15.7 Å². The number of thioether (sulfide) groups is 1. The Hall–Kier alpha value is -1.54. The Labute approximate surface area is 140 Å². The van der Waals surface area contributed by atoms with E-state index in [0.29, 0.717) is 12.4 Å². The van der Waals surface area contributed by atoms with E-state index in [1.807, 2.05) is 20.8 Å². The van der Waals surface area contributed by atoms with Gasteiger partial charge in [-0.15, -0.1) is 0 Å². The Morgan fingerprint density at radius 2 is 2.04 bits per heavy atom. The Balaban J connectivity index is 2.16. The average molecular weight is 340 g/mol. The maximum absolute atomic E-state index is 12.2. The maximum atomic E-state index is 12.2. The Morgan fingerprint density at radius 1 is 1.35 bits per heavy atom. The van der Waals surface area contributed by atoms with Gasteiger partial charge in [0.2, 0.25) is 0 Å². The molecule has 0 bridgehead atoms. The van der Waals surface area contributed by atoms with Gasteiger partial charge in [0.15, 0.2) is 0 Å². The Morgan fingerprint density at radius 3 is 2.65 bits per heavy atom. The molecule has 0 aromatic carbocycles. The van der Waals surface area contributed by atoms with Crippen LogP contribution in [-0.2, 0) is 31.4 Å². The maximum Gasteiger partial charge on any atom is 0.314 e. The highest BCUT2D eigenvalue weighted by atomic mass is 32.2. The van der Waals surface area contributed by atoms with E-state index in [1.54, 1.807) is 30.5 Å². The minimum Gasteiger partial charge on any atom is -0.383 e. The molecule has 0 fully saturated rings. The highest BCUT2D eigenvalue weighted by Crippen LogP contribution is 2.37. The van der Waals surface area contributed by atoms with Crippen LogP contribution in [0.15, 0.2) is 0 Å². The van der Waals surface area contributed by atoms with Crippen LogP contribution >= 0.6 is 11.8 Å². The van der Waals surface area contributed by atoms with Gasteiger partial charge < -0.3 is 15.4 Å². The number of methoxy groups -OCH3 is 1. The third-order valence-electron chi connectivity index (χ3n) is 3.42. The minimum absolute atomic E-state index is 0.230. The quantitative estimate of drug-likeness (QED) is 0.811. The average Bonchev–Trinajstić information content (AvgIpc) is 3.00. The van der Waals surface area contributed by atoms with Crippen molar-refractivity contribution in [3.8, 4) is 0 Å². The second-order valence-electron chi connectivity index (χ2n) is 6.63. The Bertz CT molecular complexity index is 607. The SMILES string of the molecule is COC[C@H](C)NC(=O)C(=O)Nc1c2c(nn1C(C)(C)C)CSC2. The number of nitrogens with zero attached hydrogens (tertiary/aromatic N) is 2. The molecule has 0 spiro atoms. The second kappa shape index (κ2) is 6.92. The first kappa shape index (κ1) is 17.8. The van der Waals surface area contributed by atoms with Crippen LogP contribution in [0, 0.1) is 0 Å². The lowest BCUT2D eigenvalue weighted by atomic mass is 10.1. The van der Waals surface area contributed by atoms with Gasteiger partial charge in [-0.1, -0.05) is 0 Å². The molecular formula is C15H24N4O3S. The fraction of sp³-hybridized carbons (Fsp3) is 0.667. The standard InChI is InChI=1S/C15H24N4O3S/c1-9(6-22-5)16-13(20)14(21)17-12-10-7-23-8-11(10)18-19(12)15(2,3)4/h9H,6-8H2,1-5H3,(H,16,20)(H,17,21)/t9-/m0/s1. The summed E-state index contributed by atoms with van der Waals surface area (Å²) in [5.41, 5.74) is 1.71. The molecule has 23 heavy (non-hydrogen) atoms. The van der Waals surface area contributed by atoms with E-state index in [9.17, 15) is 9.59 Å². The molecule has 2 amide bonds. The smallest absolute Gasteiger partial charge is 0.314 e. The molecule has 0 saturated carbocycles. The van der Waals surface area contributed by atoms with E-state index >= 15 is 0 Å². The van der Waals surface area contributed by atoms with E-state index in [0.717, 1.165) is 22.8 Å². The number of fused-ring (bicyclic) bond motifs is 1. The number of hydrogen-bond donors (Lipinski definition) is 2. The van der Waals surface area contributed by atoms with Crippen LogP contribution in [0.5, 0.6) is 0 Å². The van der Waals surface area contributed by atoms with Gasteiger partial charge in [0.1, 0.15) is 5.82 Å². The molecule has 2 rings (SSSR count). The monoisotopic (exact) mass is 340 g/mol. The molecule has 0 radical (unpaired) electrons. The molecule has 1 aliphatic heterocycles. The molecule has 1 aliphatic rings. The van der Waals surface area contributed by atoms with E-state index in [-0.39, 0.29) is 11.6 Å². The lowest BCUT2D eigenvalue weighted by Crippen LogP contribution is -2.43. The van der Waals surface area contributed by atoms with Crippen molar-refractivity contribution >= 4 is 29.4 Å². The fourth-order valence-corrected chi connectivity index (χ4v) is 3.41. The summed E-state index contributed by atoms with van der Waals surface area (Å²) in [6.07, 6.45) is 0. The summed E-state index contributed by atoms with van der Waals surface area (Å²) >= 11 is 1.75. The summed E-state index contributed by atoms with van der Waals surface area (Å²) in [5, 5.41) is 9.94. The molecule has 2 N–H and O–H groups in total. The number of anilines is 1. The number of ether oxygens (including phenoxy) is 1. The molecule has 7 nitrogen and oxygen atoms in total. The molecule has 8 heteroatoms. The lowest BCUT2D eigenvalue weighted by Gasteiger charge is -2.23. The Kier molecular flexibility index (Phi) is 5.36. The number of carbonyl (C=O) groups excluding carboxylic acids is 2. The highest BCUT2D eigenvalue weighted by molar-refractivity contribution is 7.98. The second-order valence-corrected chi connectivity index (χ2v) is 7.62. The minimum atomic E-state index is -0.682. The number of carbonyl (C=O) groups is 2. The molecule has 1 aromatic heterocycles. The van der Waals surface area contributed by atoms with Gasteiger partial charge >= 0.3 is 11.8 Å². The summed E-state index contributed by atoms with van der Waals surface area (Å²) in [4.78, 5) is 24.2. The summed E-state index contributed by atoms with van der Waals surface area (Å²) in [6.45, 7) is 8.17. The van der Waals surface area contributed by atoms with Crippen LogP contribution < -0.4 is 10.6 Å². The first-order valence-corrected chi connectivity index (χ1v) is 8.69. The largest absolute Gasteiger partial charge is 0.383 e. The van der Waals surface area contributed by atoms with Crippen LogP contribution in [0.4, 0.5) is 5.82 Å². The van der Waals surface area contributed by atoms with Crippen molar-refractivity contribution in [2.45, 2.75) is 50.8 Å². The predicted molar refractivity (Wildman–Crippen MR) is 90.3 cm³/mol. The molecule has 128 valence electrons. The molecule has 1 aromatic rings.